The number of aromatic nitrogens is 1. The van der Waals surface area contributed by atoms with Crippen LogP contribution >= 0.6 is 0 Å². The molecule has 0 bridgehead atoms. The number of likely N-dealkylation sites (N-methyl/N-ethyl adjacent to an activating group) is 1. The van der Waals surface area contributed by atoms with E-state index in [1.54, 1.807) is 18.2 Å². The first-order chi connectivity index (χ1) is 14.9. The average Bonchev–Trinajstić information content (AvgIpc) is 2.75. The molecule has 9 nitrogen and oxygen atoms in total. The van der Waals surface area contributed by atoms with Crippen molar-refractivity contribution in [2.75, 3.05) is 61.4 Å². The molecular weight excluding hydrogens is 403 g/mol. The number of nitrogens with one attached hydrogen (secondary N) is 1. The van der Waals surface area contributed by atoms with Crippen LogP contribution in [0.1, 0.15) is 12.8 Å². The van der Waals surface area contributed by atoms with Gasteiger partial charge in [-0.1, -0.05) is 0 Å². The molecule has 0 saturated carbocycles. The van der Waals surface area contributed by atoms with Gasteiger partial charge in [0.1, 0.15) is 11.6 Å². The van der Waals surface area contributed by atoms with Gasteiger partial charge in [-0.25, -0.2) is 9.37 Å². The van der Waals surface area contributed by atoms with E-state index in [0.29, 0.717) is 43.1 Å². The fourth-order valence-corrected chi connectivity index (χ4v) is 3.98. The van der Waals surface area contributed by atoms with Gasteiger partial charge in [-0.05, 0) is 44.2 Å². The summed E-state index contributed by atoms with van der Waals surface area (Å²) in [5, 5.41) is 24.1. The number of hydrogen-bond donors (Lipinski definition) is 2. The summed E-state index contributed by atoms with van der Waals surface area (Å²) in [6, 6.07) is 7.77. The quantitative estimate of drug-likeness (QED) is 0.552. The third kappa shape index (κ3) is 4.86. The second-order valence-corrected chi connectivity index (χ2v) is 8.09. The first-order valence-electron chi connectivity index (χ1n) is 10.5. The summed E-state index contributed by atoms with van der Waals surface area (Å²) in [7, 11) is 2.05. The number of piperazine rings is 1. The van der Waals surface area contributed by atoms with Gasteiger partial charge in [0.05, 0.1) is 16.7 Å². The highest BCUT2D eigenvalue weighted by Crippen LogP contribution is 2.31. The predicted molar refractivity (Wildman–Crippen MR) is 118 cm³/mol. The zero-order valence-electron chi connectivity index (χ0n) is 17.5. The van der Waals surface area contributed by atoms with Crippen molar-refractivity contribution in [3.8, 4) is 0 Å². The zero-order chi connectivity index (χ0) is 22.0. The minimum Gasteiger partial charge on any atom is -0.393 e. The summed E-state index contributed by atoms with van der Waals surface area (Å²) in [4.78, 5) is 21.7. The Morgan fingerprint density at radius 3 is 2.45 bits per heavy atom. The number of anilines is 4. The number of aliphatic hydroxyl groups is 1. The molecule has 1 aromatic carbocycles. The molecule has 2 fully saturated rings. The van der Waals surface area contributed by atoms with Crippen molar-refractivity contribution < 1.29 is 14.4 Å². The number of rotatable bonds is 5. The van der Waals surface area contributed by atoms with E-state index in [0.717, 1.165) is 26.2 Å². The van der Waals surface area contributed by atoms with Crippen LogP contribution in [0, 0.1) is 15.9 Å². The molecule has 0 atom stereocenters. The van der Waals surface area contributed by atoms with Crippen molar-refractivity contribution in [1.82, 2.24) is 9.88 Å². The Kier molecular flexibility index (Phi) is 6.19. The fraction of sp³-hybridized carbons (Fsp3) is 0.476. The van der Waals surface area contributed by atoms with Crippen LogP contribution in [0.2, 0.25) is 0 Å². The molecule has 4 rings (SSSR count). The normalized spacial score (nSPS) is 18.3. The maximum Gasteiger partial charge on any atom is 0.311 e. The molecule has 2 aliphatic rings. The molecule has 31 heavy (non-hydrogen) atoms. The fourth-order valence-electron chi connectivity index (χ4n) is 3.98. The summed E-state index contributed by atoms with van der Waals surface area (Å²) in [6.07, 6.45) is 0.878. The largest absolute Gasteiger partial charge is 0.393 e. The highest BCUT2D eigenvalue weighted by Gasteiger charge is 2.23. The topological polar surface area (TPSA) is 98.0 Å². The molecular formula is C21H27FN6O3. The van der Waals surface area contributed by atoms with E-state index < -0.39 is 10.7 Å². The summed E-state index contributed by atoms with van der Waals surface area (Å²) in [6.45, 7) is 4.53. The molecule has 2 aliphatic heterocycles. The number of hydrogen-bond acceptors (Lipinski definition) is 8. The number of pyridine rings is 1. The molecule has 10 heteroatoms. The van der Waals surface area contributed by atoms with Gasteiger partial charge < -0.3 is 25.1 Å². The minimum absolute atomic E-state index is 0.0923. The Labute approximate surface area is 180 Å². The van der Waals surface area contributed by atoms with E-state index >= 15 is 0 Å². The van der Waals surface area contributed by atoms with E-state index in [1.165, 1.54) is 12.1 Å². The second kappa shape index (κ2) is 9.03. The van der Waals surface area contributed by atoms with Crippen molar-refractivity contribution >= 4 is 28.7 Å². The Hall–Kier alpha value is -2.98. The van der Waals surface area contributed by atoms with Crippen LogP contribution in [0.3, 0.4) is 0 Å². The van der Waals surface area contributed by atoms with E-state index in [-0.39, 0.29) is 17.6 Å². The lowest BCUT2D eigenvalue weighted by atomic mass is 10.1. The lowest BCUT2D eigenvalue weighted by molar-refractivity contribution is -0.384. The van der Waals surface area contributed by atoms with Gasteiger partial charge in [0.2, 0.25) is 5.82 Å². The van der Waals surface area contributed by atoms with Gasteiger partial charge in [0, 0.05) is 51.0 Å². The maximum absolute atomic E-state index is 14.8. The molecule has 2 aromatic rings. The highest BCUT2D eigenvalue weighted by molar-refractivity contribution is 5.69. The number of nitrogens with zero attached hydrogens (tertiary/aromatic N) is 5. The zero-order valence-corrected chi connectivity index (χ0v) is 17.5. The van der Waals surface area contributed by atoms with Gasteiger partial charge in [-0.15, -0.1) is 0 Å². The summed E-state index contributed by atoms with van der Waals surface area (Å²) in [5.41, 5.74) is 0.697. The van der Waals surface area contributed by atoms with Crippen LogP contribution in [0.5, 0.6) is 0 Å². The van der Waals surface area contributed by atoms with Crippen LogP contribution in [-0.2, 0) is 0 Å². The molecule has 0 radical (unpaired) electrons. The van der Waals surface area contributed by atoms with Gasteiger partial charge in [0.15, 0.2) is 0 Å². The van der Waals surface area contributed by atoms with Crippen molar-refractivity contribution in [3.63, 3.8) is 0 Å². The molecule has 0 unspecified atom stereocenters. The molecule has 166 valence electrons. The van der Waals surface area contributed by atoms with Gasteiger partial charge >= 0.3 is 5.69 Å². The van der Waals surface area contributed by atoms with E-state index in [4.69, 9.17) is 0 Å². The predicted octanol–water partition coefficient (Wildman–Crippen LogP) is 2.59. The van der Waals surface area contributed by atoms with Crippen molar-refractivity contribution in [3.05, 3.63) is 46.3 Å². The number of benzene rings is 1. The third-order valence-electron chi connectivity index (χ3n) is 5.90. The number of nitro groups is 1. The molecule has 2 saturated heterocycles. The lowest BCUT2D eigenvalue weighted by Gasteiger charge is -2.33. The Morgan fingerprint density at radius 2 is 1.81 bits per heavy atom. The third-order valence-corrected chi connectivity index (χ3v) is 5.90. The first kappa shape index (κ1) is 21.3. The monoisotopic (exact) mass is 430 g/mol. The SMILES string of the molecule is CN1CCN(c2ccc([N+](=O)[O-])c(Nc3ccc(N4CCC(O)CC4)c(F)c3)n2)CC1. The molecule has 2 N–H and O–H groups in total. The number of piperidine rings is 1. The number of aliphatic hydroxyl groups excluding tert-OH is 1. The molecule has 0 amide bonds. The lowest BCUT2D eigenvalue weighted by Crippen LogP contribution is -2.44. The van der Waals surface area contributed by atoms with Crippen molar-refractivity contribution in [2.45, 2.75) is 18.9 Å². The Bertz CT molecular complexity index is 943. The van der Waals surface area contributed by atoms with Gasteiger partial charge in [0.25, 0.3) is 0 Å². The van der Waals surface area contributed by atoms with Gasteiger partial charge in [-0.3, -0.25) is 10.1 Å². The summed E-state index contributed by atoms with van der Waals surface area (Å²) >= 11 is 0. The first-order valence-corrected chi connectivity index (χ1v) is 10.5. The smallest absolute Gasteiger partial charge is 0.311 e. The van der Waals surface area contributed by atoms with Crippen LogP contribution in [0.4, 0.5) is 33.1 Å². The van der Waals surface area contributed by atoms with Crippen LogP contribution < -0.4 is 15.1 Å². The van der Waals surface area contributed by atoms with Crippen LogP contribution in [0.25, 0.3) is 0 Å². The van der Waals surface area contributed by atoms with E-state index in [2.05, 4.69) is 27.1 Å². The highest BCUT2D eigenvalue weighted by atomic mass is 19.1. The van der Waals surface area contributed by atoms with Crippen molar-refractivity contribution in [2.24, 2.45) is 0 Å². The van der Waals surface area contributed by atoms with Crippen LogP contribution in [-0.4, -0.2) is 72.3 Å². The Morgan fingerprint density at radius 1 is 1.10 bits per heavy atom. The van der Waals surface area contributed by atoms with E-state index in [1.807, 2.05) is 4.90 Å². The second-order valence-electron chi connectivity index (χ2n) is 8.09. The van der Waals surface area contributed by atoms with E-state index in [9.17, 15) is 19.6 Å². The number of halogens is 1. The molecule has 1 aromatic heterocycles. The van der Waals surface area contributed by atoms with Gasteiger partial charge in [-0.2, -0.15) is 0 Å². The summed E-state index contributed by atoms with van der Waals surface area (Å²) < 4.78 is 14.8. The van der Waals surface area contributed by atoms with Crippen LogP contribution in [0.15, 0.2) is 30.3 Å². The van der Waals surface area contributed by atoms with Crippen molar-refractivity contribution in [1.29, 1.82) is 0 Å². The minimum atomic E-state index is -0.493. The summed E-state index contributed by atoms with van der Waals surface area (Å²) in [5.74, 6) is 0.333. The molecule has 0 spiro atoms. The Balaban J connectivity index is 1.55. The standard InChI is InChI=1S/C21H27FN6O3/c1-25-10-12-27(13-11-25)20-5-4-19(28(30)31)21(24-20)23-15-2-3-18(17(22)14-15)26-8-6-16(29)7-9-26/h2-5,14,16,29H,6-13H2,1H3,(H,23,24). The maximum atomic E-state index is 14.8. The molecule has 0 aliphatic carbocycles. The average molecular weight is 430 g/mol. The molecule has 3 heterocycles.